The van der Waals surface area contributed by atoms with Gasteiger partial charge in [-0.15, -0.1) is 0 Å². The van der Waals surface area contributed by atoms with Crippen LogP contribution in [0.1, 0.15) is 24.1 Å². The maximum absolute atomic E-state index is 12.9. The van der Waals surface area contributed by atoms with Gasteiger partial charge in [0.05, 0.1) is 23.8 Å². The topological polar surface area (TPSA) is 68.3 Å². The Morgan fingerprint density at radius 3 is 2.50 bits per heavy atom. The Labute approximate surface area is 172 Å². The molecule has 0 aliphatic carbocycles. The third-order valence-electron chi connectivity index (χ3n) is 4.51. The smallest absolute Gasteiger partial charge is 0.416 e. The first-order chi connectivity index (χ1) is 14.1. The number of methoxy groups -OCH3 is 1. The van der Waals surface area contributed by atoms with E-state index < -0.39 is 32.7 Å². The molecule has 5 nitrogen and oxygen atoms in total. The van der Waals surface area contributed by atoms with E-state index in [2.05, 4.69) is 9.71 Å². The van der Waals surface area contributed by atoms with Crippen LogP contribution in [0.25, 0.3) is 11.1 Å². The fraction of sp³-hybridized carbons (Fsp3) is 0.190. The highest BCUT2D eigenvalue weighted by atomic mass is 32.2. The van der Waals surface area contributed by atoms with Gasteiger partial charge in [0.2, 0.25) is 10.0 Å². The van der Waals surface area contributed by atoms with Crippen LogP contribution < -0.4 is 9.46 Å². The zero-order valence-electron chi connectivity index (χ0n) is 16.1. The lowest BCUT2D eigenvalue weighted by molar-refractivity contribution is -0.137. The molecule has 3 rings (SSSR count). The number of hydrogen-bond donors (Lipinski definition) is 1. The summed E-state index contributed by atoms with van der Waals surface area (Å²) >= 11 is 0. The highest BCUT2D eigenvalue weighted by molar-refractivity contribution is 7.89. The minimum atomic E-state index is -4.63. The quantitative estimate of drug-likeness (QED) is 0.602. The van der Waals surface area contributed by atoms with E-state index in [-0.39, 0.29) is 0 Å². The molecule has 30 heavy (non-hydrogen) atoms. The van der Waals surface area contributed by atoms with Gasteiger partial charge >= 0.3 is 6.18 Å². The molecule has 9 heteroatoms. The van der Waals surface area contributed by atoms with Gasteiger partial charge in [0.15, 0.2) is 0 Å². The first-order valence-electron chi connectivity index (χ1n) is 8.90. The van der Waals surface area contributed by atoms with Crippen LogP contribution >= 0.6 is 0 Å². The van der Waals surface area contributed by atoms with Crippen molar-refractivity contribution >= 4 is 10.0 Å². The molecular formula is C21H19F3N2O3S. The second kappa shape index (κ2) is 8.45. The summed E-state index contributed by atoms with van der Waals surface area (Å²) in [6.45, 7) is 1.62. The van der Waals surface area contributed by atoms with Crippen molar-refractivity contribution in [3.8, 4) is 16.9 Å². The lowest BCUT2D eigenvalue weighted by Gasteiger charge is -2.17. The molecule has 0 radical (unpaired) electrons. The van der Waals surface area contributed by atoms with E-state index in [0.29, 0.717) is 17.4 Å². The number of pyridine rings is 1. The average Bonchev–Trinajstić information content (AvgIpc) is 2.73. The summed E-state index contributed by atoms with van der Waals surface area (Å²) in [5.74, 6) is 0.562. The standard InChI is InChI=1S/C21H19F3N2O3S/c1-14(26-30(27,28)18-8-4-7-17(12-18)21(22,23)24)15-5-3-6-16(11-15)19-9-10-25-13-20(19)29-2/h3-14,26H,1-2H3/t14-/m1/s1. The van der Waals surface area contributed by atoms with Gasteiger partial charge in [-0.3, -0.25) is 4.98 Å². The fourth-order valence-electron chi connectivity index (χ4n) is 2.97. The van der Waals surface area contributed by atoms with Crippen LogP contribution in [-0.2, 0) is 16.2 Å². The SMILES string of the molecule is COc1cnccc1-c1cccc([C@@H](C)NS(=O)(=O)c2cccc(C(F)(F)F)c2)c1. The summed E-state index contributed by atoms with van der Waals surface area (Å²) in [4.78, 5) is 3.56. The number of alkyl halides is 3. The minimum absolute atomic E-state index is 0.448. The van der Waals surface area contributed by atoms with E-state index in [1.165, 1.54) is 7.11 Å². The number of benzene rings is 2. The summed E-state index contributed by atoms with van der Waals surface area (Å²) < 4.78 is 71.8. The molecule has 0 unspecified atom stereocenters. The molecule has 1 N–H and O–H groups in total. The lowest BCUT2D eigenvalue weighted by Crippen LogP contribution is -2.27. The monoisotopic (exact) mass is 436 g/mol. The van der Waals surface area contributed by atoms with E-state index in [9.17, 15) is 21.6 Å². The molecule has 0 fully saturated rings. The Morgan fingerprint density at radius 2 is 1.80 bits per heavy atom. The van der Waals surface area contributed by atoms with Gasteiger partial charge in [-0.2, -0.15) is 13.2 Å². The normalized spacial score (nSPS) is 13.1. The lowest BCUT2D eigenvalue weighted by atomic mass is 10.0. The van der Waals surface area contributed by atoms with Crippen molar-refractivity contribution in [3.63, 3.8) is 0 Å². The van der Waals surface area contributed by atoms with Gasteiger partial charge in [-0.25, -0.2) is 13.1 Å². The number of sulfonamides is 1. The van der Waals surface area contributed by atoms with Gasteiger partial charge in [0.1, 0.15) is 5.75 Å². The van der Waals surface area contributed by atoms with E-state index in [1.54, 1.807) is 43.6 Å². The van der Waals surface area contributed by atoms with Crippen molar-refractivity contribution in [2.45, 2.75) is 24.0 Å². The number of nitrogens with zero attached hydrogens (tertiary/aromatic N) is 1. The zero-order chi connectivity index (χ0) is 21.9. The summed E-state index contributed by atoms with van der Waals surface area (Å²) in [6.07, 6.45) is -1.44. The maximum atomic E-state index is 12.9. The molecule has 1 aromatic heterocycles. The number of ether oxygens (including phenoxy) is 1. The molecule has 0 bridgehead atoms. The van der Waals surface area contributed by atoms with E-state index in [1.807, 2.05) is 6.07 Å². The molecule has 0 spiro atoms. The largest absolute Gasteiger partial charge is 0.494 e. The molecule has 0 amide bonds. The highest BCUT2D eigenvalue weighted by Gasteiger charge is 2.32. The van der Waals surface area contributed by atoms with Crippen LogP contribution in [0.3, 0.4) is 0 Å². The van der Waals surface area contributed by atoms with Gasteiger partial charge in [-0.1, -0.05) is 24.3 Å². The van der Waals surface area contributed by atoms with Crippen molar-refractivity contribution in [2.75, 3.05) is 7.11 Å². The summed E-state index contributed by atoms with van der Waals surface area (Å²) in [6, 6.07) is 11.9. The predicted octanol–water partition coefficient (Wildman–Crippen LogP) is 4.82. The Balaban J connectivity index is 1.88. The molecule has 3 aromatic rings. The molecule has 1 atom stereocenters. The van der Waals surface area contributed by atoms with E-state index >= 15 is 0 Å². The Kier molecular flexibility index (Phi) is 6.14. The zero-order valence-corrected chi connectivity index (χ0v) is 17.0. The van der Waals surface area contributed by atoms with E-state index in [4.69, 9.17) is 4.74 Å². The van der Waals surface area contributed by atoms with Gasteiger partial charge in [0.25, 0.3) is 0 Å². The van der Waals surface area contributed by atoms with Crippen molar-refractivity contribution in [1.29, 1.82) is 0 Å². The first kappa shape index (κ1) is 21.8. The minimum Gasteiger partial charge on any atom is -0.494 e. The average molecular weight is 436 g/mol. The third-order valence-corrected chi connectivity index (χ3v) is 6.04. The second-order valence-corrected chi connectivity index (χ2v) is 8.28. The number of halogens is 3. The van der Waals surface area contributed by atoms with Crippen LogP contribution in [-0.4, -0.2) is 20.5 Å². The van der Waals surface area contributed by atoms with Crippen LogP contribution in [0.15, 0.2) is 71.9 Å². The van der Waals surface area contributed by atoms with Crippen molar-refractivity contribution in [1.82, 2.24) is 9.71 Å². The fourth-order valence-corrected chi connectivity index (χ4v) is 4.24. The van der Waals surface area contributed by atoms with Gasteiger partial charge in [0, 0.05) is 17.8 Å². The van der Waals surface area contributed by atoms with Crippen molar-refractivity contribution < 1.29 is 26.3 Å². The molecule has 158 valence electrons. The first-order valence-corrected chi connectivity index (χ1v) is 10.4. The predicted molar refractivity (Wildman–Crippen MR) is 106 cm³/mol. The molecule has 0 aliphatic heterocycles. The number of hydrogen-bond acceptors (Lipinski definition) is 4. The second-order valence-electron chi connectivity index (χ2n) is 6.57. The van der Waals surface area contributed by atoms with Crippen molar-refractivity contribution in [2.24, 2.45) is 0 Å². The molecule has 0 saturated carbocycles. The number of nitrogens with one attached hydrogen (secondary N) is 1. The third kappa shape index (κ3) is 4.80. The Hall–Kier alpha value is -2.91. The molecule has 1 heterocycles. The van der Waals surface area contributed by atoms with Crippen LogP contribution in [0, 0.1) is 0 Å². The van der Waals surface area contributed by atoms with Crippen LogP contribution in [0.4, 0.5) is 13.2 Å². The number of aromatic nitrogens is 1. The van der Waals surface area contributed by atoms with Gasteiger partial charge < -0.3 is 4.74 Å². The summed E-state index contributed by atoms with van der Waals surface area (Å²) in [5, 5.41) is 0. The summed E-state index contributed by atoms with van der Waals surface area (Å²) in [7, 11) is -2.64. The Morgan fingerprint density at radius 1 is 1.07 bits per heavy atom. The number of rotatable bonds is 6. The molecular weight excluding hydrogens is 417 g/mol. The maximum Gasteiger partial charge on any atom is 0.416 e. The summed E-state index contributed by atoms with van der Waals surface area (Å²) in [5.41, 5.74) is 1.19. The van der Waals surface area contributed by atoms with E-state index in [0.717, 1.165) is 29.3 Å². The van der Waals surface area contributed by atoms with Crippen LogP contribution in [0.5, 0.6) is 5.75 Å². The molecule has 2 aromatic carbocycles. The van der Waals surface area contributed by atoms with Gasteiger partial charge in [-0.05, 0) is 48.4 Å². The molecule has 0 aliphatic rings. The molecule has 0 saturated heterocycles. The van der Waals surface area contributed by atoms with Crippen molar-refractivity contribution in [3.05, 3.63) is 78.1 Å². The highest BCUT2D eigenvalue weighted by Crippen LogP contribution is 2.32. The van der Waals surface area contributed by atoms with Crippen LogP contribution in [0.2, 0.25) is 0 Å². The Bertz CT molecular complexity index is 1150.